The first-order chi connectivity index (χ1) is 5.93. The molecule has 1 saturated carbocycles. The van der Waals surface area contributed by atoms with E-state index in [1.807, 2.05) is 0 Å². The van der Waals surface area contributed by atoms with Gasteiger partial charge in [-0.3, -0.25) is 0 Å². The van der Waals surface area contributed by atoms with E-state index in [1.54, 1.807) is 0 Å². The Morgan fingerprint density at radius 2 is 1.17 bits per heavy atom. The summed E-state index contributed by atoms with van der Waals surface area (Å²) in [7, 11) is 0. The van der Waals surface area contributed by atoms with Crippen molar-refractivity contribution in [2.24, 2.45) is 5.92 Å². The van der Waals surface area contributed by atoms with Crippen LogP contribution in [-0.4, -0.2) is 0 Å². The second-order valence-electron chi connectivity index (χ2n) is 4.21. The summed E-state index contributed by atoms with van der Waals surface area (Å²) in [4.78, 5) is 0. The first-order valence-electron chi connectivity index (χ1n) is 5.72. The second-order valence-corrected chi connectivity index (χ2v) is 4.21. The van der Waals surface area contributed by atoms with Crippen molar-refractivity contribution in [1.82, 2.24) is 0 Å². The van der Waals surface area contributed by atoms with E-state index in [9.17, 15) is 0 Å². The number of hydrogen-bond donors (Lipinski definition) is 0. The Kier molecular flexibility index (Phi) is 5.47. The van der Waals surface area contributed by atoms with Crippen LogP contribution in [0.3, 0.4) is 0 Å². The van der Waals surface area contributed by atoms with E-state index in [0.29, 0.717) is 0 Å². The molecule has 1 fully saturated rings. The van der Waals surface area contributed by atoms with Crippen molar-refractivity contribution in [1.29, 1.82) is 0 Å². The van der Waals surface area contributed by atoms with Crippen LogP contribution in [0.5, 0.6) is 0 Å². The Bertz CT molecular complexity index is 86.2. The zero-order chi connectivity index (χ0) is 8.65. The van der Waals surface area contributed by atoms with Gasteiger partial charge in [0.15, 0.2) is 0 Å². The summed E-state index contributed by atoms with van der Waals surface area (Å²) in [6.45, 7) is 4.04. The fraction of sp³-hybridized carbons (Fsp3) is 0.917. The minimum Gasteiger partial charge on any atom is -0.0533 e. The highest BCUT2D eigenvalue weighted by Gasteiger charge is 2.06. The maximum absolute atomic E-state index is 4.04. The van der Waals surface area contributed by atoms with Crippen LogP contribution in [0, 0.1) is 12.8 Å². The van der Waals surface area contributed by atoms with Crippen molar-refractivity contribution < 1.29 is 0 Å². The summed E-state index contributed by atoms with van der Waals surface area (Å²) in [5, 5.41) is 0. The molecule has 0 aromatic rings. The molecular formula is C12H23. The van der Waals surface area contributed by atoms with E-state index in [2.05, 4.69) is 6.92 Å². The normalized spacial score (nSPS) is 23.8. The van der Waals surface area contributed by atoms with E-state index in [0.717, 1.165) is 5.92 Å². The lowest BCUT2D eigenvalue weighted by Gasteiger charge is -2.15. The third kappa shape index (κ3) is 4.13. The predicted molar refractivity (Wildman–Crippen MR) is 55.0 cm³/mol. The van der Waals surface area contributed by atoms with Crippen LogP contribution in [0.4, 0.5) is 0 Å². The summed E-state index contributed by atoms with van der Waals surface area (Å²) < 4.78 is 0. The SMILES string of the molecule is [CH2]CC1CCCCCCCCC1. The largest absolute Gasteiger partial charge is 0.0533 e. The van der Waals surface area contributed by atoms with Gasteiger partial charge in [-0.2, -0.15) is 0 Å². The third-order valence-electron chi connectivity index (χ3n) is 3.13. The fourth-order valence-corrected chi connectivity index (χ4v) is 2.18. The predicted octanol–water partition coefficient (Wildman–Crippen LogP) is 4.35. The first-order valence-corrected chi connectivity index (χ1v) is 5.72. The van der Waals surface area contributed by atoms with Crippen LogP contribution in [-0.2, 0) is 0 Å². The highest BCUT2D eigenvalue weighted by atomic mass is 14.1. The standard InChI is InChI=1S/C12H23/c1-2-12-10-8-6-4-3-5-7-9-11-12/h12H,1-11H2. The quantitative estimate of drug-likeness (QED) is 0.544. The zero-order valence-corrected chi connectivity index (χ0v) is 8.36. The van der Waals surface area contributed by atoms with Gasteiger partial charge in [0, 0.05) is 0 Å². The van der Waals surface area contributed by atoms with Crippen molar-refractivity contribution in [2.75, 3.05) is 0 Å². The number of rotatable bonds is 1. The lowest BCUT2D eigenvalue weighted by atomic mass is 9.91. The van der Waals surface area contributed by atoms with Crippen molar-refractivity contribution >= 4 is 0 Å². The van der Waals surface area contributed by atoms with Crippen molar-refractivity contribution in [3.05, 3.63) is 6.92 Å². The topological polar surface area (TPSA) is 0 Å². The highest BCUT2D eigenvalue weighted by molar-refractivity contribution is 4.63. The summed E-state index contributed by atoms with van der Waals surface area (Å²) in [6.07, 6.45) is 14.4. The van der Waals surface area contributed by atoms with Crippen LogP contribution < -0.4 is 0 Å². The molecule has 0 N–H and O–H groups in total. The van der Waals surface area contributed by atoms with Crippen molar-refractivity contribution in [2.45, 2.75) is 64.2 Å². The smallest absolute Gasteiger partial charge is 0.0414 e. The van der Waals surface area contributed by atoms with E-state index < -0.39 is 0 Å². The Morgan fingerprint density at radius 3 is 1.58 bits per heavy atom. The lowest BCUT2D eigenvalue weighted by Crippen LogP contribution is -2.00. The zero-order valence-electron chi connectivity index (χ0n) is 8.36. The maximum Gasteiger partial charge on any atom is -0.0414 e. The van der Waals surface area contributed by atoms with E-state index in [4.69, 9.17) is 0 Å². The maximum atomic E-state index is 4.04. The molecule has 0 saturated heterocycles. The molecule has 0 unspecified atom stereocenters. The van der Waals surface area contributed by atoms with Gasteiger partial charge in [0.2, 0.25) is 0 Å². The molecule has 1 aliphatic rings. The summed E-state index contributed by atoms with van der Waals surface area (Å²) in [6, 6.07) is 0. The molecule has 0 bridgehead atoms. The molecule has 0 spiro atoms. The van der Waals surface area contributed by atoms with Crippen LogP contribution in [0.1, 0.15) is 64.2 Å². The molecule has 0 nitrogen and oxygen atoms in total. The van der Waals surface area contributed by atoms with Gasteiger partial charge in [0.1, 0.15) is 0 Å². The Balaban J connectivity index is 2.17. The van der Waals surface area contributed by atoms with Gasteiger partial charge in [-0.25, -0.2) is 0 Å². The monoisotopic (exact) mass is 167 g/mol. The van der Waals surface area contributed by atoms with Gasteiger partial charge < -0.3 is 0 Å². The van der Waals surface area contributed by atoms with Gasteiger partial charge in [-0.15, -0.1) is 0 Å². The number of hydrogen-bond acceptors (Lipinski definition) is 0. The molecular weight excluding hydrogens is 144 g/mol. The molecule has 0 heteroatoms. The van der Waals surface area contributed by atoms with Crippen LogP contribution in [0.2, 0.25) is 0 Å². The van der Waals surface area contributed by atoms with Gasteiger partial charge in [-0.05, 0) is 5.92 Å². The van der Waals surface area contributed by atoms with Gasteiger partial charge >= 0.3 is 0 Å². The van der Waals surface area contributed by atoms with Crippen molar-refractivity contribution in [3.8, 4) is 0 Å². The lowest BCUT2D eigenvalue weighted by molar-refractivity contribution is 0.391. The minimum absolute atomic E-state index is 0.947. The minimum atomic E-state index is 0.947. The van der Waals surface area contributed by atoms with Gasteiger partial charge in [0.25, 0.3) is 0 Å². The Morgan fingerprint density at radius 1 is 0.750 bits per heavy atom. The average Bonchev–Trinajstić information content (AvgIpc) is 2.14. The molecule has 0 aromatic carbocycles. The van der Waals surface area contributed by atoms with Crippen LogP contribution in [0.15, 0.2) is 0 Å². The summed E-state index contributed by atoms with van der Waals surface area (Å²) >= 11 is 0. The Labute approximate surface area is 77.7 Å². The summed E-state index contributed by atoms with van der Waals surface area (Å²) in [5.41, 5.74) is 0. The van der Waals surface area contributed by atoms with Crippen molar-refractivity contribution in [3.63, 3.8) is 0 Å². The molecule has 1 aliphatic carbocycles. The fourth-order valence-electron chi connectivity index (χ4n) is 2.18. The van der Waals surface area contributed by atoms with E-state index in [-0.39, 0.29) is 0 Å². The van der Waals surface area contributed by atoms with E-state index >= 15 is 0 Å². The van der Waals surface area contributed by atoms with E-state index in [1.165, 1.54) is 64.2 Å². The van der Waals surface area contributed by atoms with Crippen LogP contribution in [0.25, 0.3) is 0 Å². The average molecular weight is 167 g/mol. The molecule has 0 amide bonds. The summed E-state index contributed by atoms with van der Waals surface area (Å²) in [5.74, 6) is 0.947. The molecule has 1 radical (unpaired) electrons. The molecule has 12 heavy (non-hydrogen) atoms. The van der Waals surface area contributed by atoms with Gasteiger partial charge in [0.05, 0.1) is 0 Å². The molecule has 1 rings (SSSR count). The molecule has 71 valence electrons. The van der Waals surface area contributed by atoms with Crippen LogP contribution >= 0.6 is 0 Å². The molecule has 0 heterocycles. The highest BCUT2D eigenvalue weighted by Crippen LogP contribution is 2.23. The second kappa shape index (κ2) is 6.51. The third-order valence-corrected chi connectivity index (χ3v) is 3.13. The van der Waals surface area contributed by atoms with Gasteiger partial charge in [-0.1, -0.05) is 71.1 Å². The molecule has 0 atom stereocenters. The molecule has 0 aromatic heterocycles. The molecule has 0 aliphatic heterocycles. The first kappa shape index (κ1) is 10.1. The Hall–Kier alpha value is 0.